The van der Waals surface area contributed by atoms with Crippen molar-refractivity contribution in [2.75, 3.05) is 18.4 Å². The highest BCUT2D eigenvalue weighted by molar-refractivity contribution is 5.98. The van der Waals surface area contributed by atoms with E-state index >= 15 is 0 Å². The minimum absolute atomic E-state index is 0.0143. The van der Waals surface area contributed by atoms with Crippen LogP contribution in [0.15, 0.2) is 18.2 Å². The quantitative estimate of drug-likeness (QED) is 0.859. The predicted molar refractivity (Wildman–Crippen MR) is 80.9 cm³/mol. The predicted octanol–water partition coefficient (Wildman–Crippen LogP) is 2.06. The topological polar surface area (TPSA) is 49.4 Å². The van der Waals surface area contributed by atoms with Gasteiger partial charge in [-0.3, -0.25) is 9.59 Å². The van der Waals surface area contributed by atoms with Crippen molar-refractivity contribution in [3.05, 3.63) is 29.3 Å². The average molecular weight is 282 g/mol. The Morgan fingerprint density at radius 2 is 2.19 bits per heavy atom. The molecule has 1 fully saturated rings. The molecule has 0 atom stereocenters. The summed E-state index contributed by atoms with van der Waals surface area (Å²) in [6.45, 7) is 1.10. The molecule has 4 nitrogen and oxygen atoms in total. The number of hydrogen-bond acceptors (Lipinski definition) is 2. The first kappa shape index (κ1) is 13.7. The van der Waals surface area contributed by atoms with Crippen molar-refractivity contribution in [2.45, 2.75) is 25.7 Å². The molecule has 1 saturated carbocycles. The molecule has 0 spiro atoms. The van der Waals surface area contributed by atoms with Crippen LogP contribution in [0.4, 0.5) is 5.69 Å². The molecule has 0 aromatic heterocycles. The van der Waals surface area contributed by atoms with Crippen molar-refractivity contribution >= 4 is 17.5 Å². The zero-order chi connectivity index (χ0) is 14.8. The molecule has 1 heterocycles. The van der Waals surface area contributed by atoms with Crippen LogP contribution in [0, 0.1) is 18.3 Å². The molecule has 108 valence electrons. The molecule has 21 heavy (non-hydrogen) atoms. The number of anilines is 1. The summed E-state index contributed by atoms with van der Waals surface area (Å²) in [5.74, 6) is 3.20. The van der Waals surface area contributed by atoms with Gasteiger partial charge in [-0.15, -0.1) is 6.42 Å². The second-order valence-corrected chi connectivity index (χ2v) is 5.75. The molecule has 1 aromatic carbocycles. The van der Waals surface area contributed by atoms with Gasteiger partial charge >= 0.3 is 0 Å². The molecule has 1 aliphatic carbocycles. The average Bonchev–Trinajstić information content (AvgIpc) is 3.29. The Bertz CT molecular complexity index is 626. The number of hydrogen-bond donors (Lipinski definition) is 1. The molecular weight excluding hydrogens is 264 g/mol. The van der Waals surface area contributed by atoms with E-state index in [1.807, 2.05) is 12.1 Å². The van der Waals surface area contributed by atoms with Crippen LogP contribution in [0.2, 0.25) is 0 Å². The van der Waals surface area contributed by atoms with Gasteiger partial charge in [-0.1, -0.05) is 5.92 Å². The summed E-state index contributed by atoms with van der Waals surface area (Å²) in [5, 5.41) is 2.83. The summed E-state index contributed by atoms with van der Waals surface area (Å²) in [6, 6.07) is 5.46. The lowest BCUT2D eigenvalue weighted by atomic mass is 10.00. The van der Waals surface area contributed by atoms with Crippen LogP contribution in [0.5, 0.6) is 0 Å². The molecule has 3 rings (SSSR count). The molecule has 0 unspecified atom stereocenters. The number of nitrogens with zero attached hydrogens (tertiary/aromatic N) is 1. The third-order valence-electron chi connectivity index (χ3n) is 3.99. The van der Waals surface area contributed by atoms with Crippen molar-refractivity contribution in [3.8, 4) is 12.3 Å². The Kier molecular flexibility index (Phi) is 3.66. The van der Waals surface area contributed by atoms with E-state index in [1.54, 1.807) is 11.0 Å². The van der Waals surface area contributed by atoms with Gasteiger partial charge < -0.3 is 10.2 Å². The Balaban J connectivity index is 1.80. The van der Waals surface area contributed by atoms with Crippen molar-refractivity contribution in [2.24, 2.45) is 5.92 Å². The Hall–Kier alpha value is -2.28. The first-order valence-corrected chi connectivity index (χ1v) is 7.33. The number of nitrogens with one attached hydrogen (secondary N) is 1. The van der Waals surface area contributed by atoms with Crippen LogP contribution >= 0.6 is 0 Å². The minimum atomic E-state index is -0.0143. The second-order valence-electron chi connectivity index (χ2n) is 5.75. The highest BCUT2D eigenvalue weighted by Gasteiger charge is 2.27. The number of rotatable bonds is 4. The van der Waals surface area contributed by atoms with Gasteiger partial charge in [0.1, 0.15) is 0 Å². The Labute approximate surface area is 124 Å². The summed E-state index contributed by atoms with van der Waals surface area (Å²) in [7, 11) is 0. The normalized spacial score (nSPS) is 16.6. The van der Waals surface area contributed by atoms with E-state index in [-0.39, 0.29) is 11.8 Å². The number of carbonyl (C=O) groups excluding carboxylic acids is 2. The fourth-order valence-corrected chi connectivity index (χ4v) is 2.64. The smallest absolute Gasteiger partial charge is 0.254 e. The molecular formula is C17H18N2O2. The van der Waals surface area contributed by atoms with Crippen LogP contribution in [-0.4, -0.2) is 29.8 Å². The number of fused-ring (bicyclic) bond motifs is 1. The molecule has 2 amide bonds. The van der Waals surface area contributed by atoms with E-state index in [0.29, 0.717) is 30.9 Å². The Morgan fingerprint density at radius 1 is 1.38 bits per heavy atom. The Morgan fingerprint density at radius 3 is 2.90 bits per heavy atom. The molecule has 0 radical (unpaired) electrons. The SMILES string of the molecule is C#CCN(CC1CC1)C(=O)c1ccc2c(c1)CCC(=O)N2. The summed E-state index contributed by atoms with van der Waals surface area (Å²) >= 11 is 0. The first-order chi connectivity index (χ1) is 10.2. The zero-order valence-electron chi connectivity index (χ0n) is 11.9. The molecule has 1 N–H and O–H groups in total. The summed E-state index contributed by atoms with van der Waals surface area (Å²) in [6.07, 6.45) is 8.90. The molecule has 0 bridgehead atoms. The fraction of sp³-hybridized carbons (Fsp3) is 0.412. The minimum Gasteiger partial charge on any atom is -0.327 e. The highest BCUT2D eigenvalue weighted by Crippen LogP contribution is 2.30. The van der Waals surface area contributed by atoms with Gasteiger partial charge in [0.15, 0.2) is 0 Å². The molecule has 1 aromatic rings. The third-order valence-corrected chi connectivity index (χ3v) is 3.99. The lowest BCUT2D eigenvalue weighted by molar-refractivity contribution is -0.116. The van der Waals surface area contributed by atoms with E-state index in [9.17, 15) is 9.59 Å². The standard InChI is InChI=1S/C17H18N2O2/c1-2-9-19(11-12-3-4-12)17(21)14-5-7-15-13(10-14)6-8-16(20)18-15/h1,5,7,10,12H,3-4,6,8-9,11H2,(H,18,20). The maximum Gasteiger partial charge on any atom is 0.254 e. The number of terminal acetylenes is 1. The lowest BCUT2D eigenvalue weighted by Crippen LogP contribution is -2.33. The number of carbonyl (C=O) groups is 2. The van der Waals surface area contributed by atoms with Crippen molar-refractivity contribution < 1.29 is 9.59 Å². The molecule has 4 heteroatoms. The largest absolute Gasteiger partial charge is 0.327 e. The van der Waals surface area contributed by atoms with Crippen molar-refractivity contribution in [1.29, 1.82) is 0 Å². The lowest BCUT2D eigenvalue weighted by Gasteiger charge is -2.22. The van der Waals surface area contributed by atoms with Crippen LogP contribution in [0.3, 0.4) is 0 Å². The monoisotopic (exact) mass is 282 g/mol. The first-order valence-electron chi connectivity index (χ1n) is 7.33. The zero-order valence-corrected chi connectivity index (χ0v) is 11.9. The molecule has 0 saturated heterocycles. The van der Waals surface area contributed by atoms with Gasteiger partial charge in [0.25, 0.3) is 5.91 Å². The van der Waals surface area contributed by atoms with Gasteiger partial charge in [0.2, 0.25) is 5.91 Å². The van der Waals surface area contributed by atoms with E-state index in [1.165, 1.54) is 12.8 Å². The number of benzene rings is 1. The van der Waals surface area contributed by atoms with Crippen LogP contribution < -0.4 is 5.32 Å². The maximum absolute atomic E-state index is 12.6. The van der Waals surface area contributed by atoms with Crippen LogP contribution in [-0.2, 0) is 11.2 Å². The van der Waals surface area contributed by atoms with Gasteiger partial charge in [0, 0.05) is 24.2 Å². The van der Waals surface area contributed by atoms with Crippen molar-refractivity contribution in [3.63, 3.8) is 0 Å². The van der Waals surface area contributed by atoms with E-state index in [4.69, 9.17) is 6.42 Å². The molecule has 1 aliphatic heterocycles. The van der Waals surface area contributed by atoms with Gasteiger partial charge in [-0.2, -0.15) is 0 Å². The van der Waals surface area contributed by atoms with Crippen LogP contribution in [0.25, 0.3) is 0 Å². The van der Waals surface area contributed by atoms with Crippen molar-refractivity contribution in [1.82, 2.24) is 4.90 Å². The van der Waals surface area contributed by atoms with Gasteiger partial charge in [-0.25, -0.2) is 0 Å². The number of amides is 2. The third kappa shape index (κ3) is 3.08. The molecule has 2 aliphatic rings. The summed E-state index contributed by atoms with van der Waals surface area (Å²) in [4.78, 5) is 25.7. The highest BCUT2D eigenvalue weighted by atomic mass is 16.2. The maximum atomic E-state index is 12.6. The van der Waals surface area contributed by atoms with Gasteiger partial charge in [-0.05, 0) is 48.9 Å². The summed E-state index contributed by atoms with van der Waals surface area (Å²) in [5.41, 5.74) is 2.49. The van der Waals surface area contributed by atoms with E-state index in [0.717, 1.165) is 17.8 Å². The van der Waals surface area contributed by atoms with Gasteiger partial charge in [0.05, 0.1) is 6.54 Å². The van der Waals surface area contributed by atoms with Crippen LogP contribution in [0.1, 0.15) is 35.2 Å². The van der Waals surface area contributed by atoms with E-state index < -0.39 is 0 Å². The van der Waals surface area contributed by atoms with E-state index in [2.05, 4.69) is 11.2 Å². The second kappa shape index (κ2) is 5.61. The fourth-order valence-electron chi connectivity index (χ4n) is 2.64. The summed E-state index contributed by atoms with van der Waals surface area (Å²) < 4.78 is 0. The number of aryl methyl sites for hydroxylation is 1.